The molecular weight excluding hydrogens is 305 g/mol. The fourth-order valence-corrected chi connectivity index (χ4v) is 2.87. The summed E-state index contributed by atoms with van der Waals surface area (Å²) in [7, 11) is 0. The summed E-state index contributed by atoms with van der Waals surface area (Å²) >= 11 is 0. The van der Waals surface area contributed by atoms with Gasteiger partial charge in [0.05, 0.1) is 17.2 Å². The van der Waals surface area contributed by atoms with Gasteiger partial charge in [0.1, 0.15) is 5.82 Å². The molecule has 122 valence electrons. The minimum absolute atomic E-state index is 0.0749. The predicted octanol–water partition coefficient (Wildman–Crippen LogP) is 3.94. The molecule has 0 aliphatic carbocycles. The number of hydrogen-bond donors (Lipinski definition) is 1. The van der Waals surface area contributed by atoms with Crippen LogP contribution in [0.1, 0.15) is 35.2 Å². The fraction of sp³-hybridized carbons (Fsp3) is 0.263. The van der Waals surface area contributed by atoms with Crippen LogP contribution in [0.25, 0.3) is 0 Å². The molecule has 24 heavy (non-hydrogen) atoms. The van der Waals surface area contributed by atoms with Crippen molar-refractivity contribution in [3.63, 3.8) is 0 Å². The van der Waals surface area contributed by atoms with E-state index in [1.807, 2.05) is 30.3 Å². The lowest BCUT2D eigenvalue weighted by Gasteiger charge is -2.28. The van der Waals surface area contributed by atoms with Crippen molar-refractivity contribution in [2.24, 2.45) is 0 Å². The van der Waals surface area contributed by atoms with Gasteiger partial charge in [-0.2, -0.15) is 5.26 Å². The molecule has 1 N–H and O–H groups in total. The Morgan fingerprint density at radius 1 is 1.08 bits per heavy atom. The first kappa shape index (κ1) is 16.0. The molecule has 2 aromatic carbocycles. The van der Waals surface area contributed by atoms with E-state index in [9.17, 15) is 9.18 Å². The van der Waals surface area contributed by atoms with Crippen molar-refractivity contribution >= 4 is 17.3 Å². The Hall–Kier alpha value is -2.87. The molecule has 1 aliphatic heterocycles. The fourth-order valence-electron chi connectivity index (χ4n) is 2.87. The molecule has 0 radical (unpaired) electrons. The van der Waals surface area contributed by atoms with Crippen LogP contribution in [0.15, 0.2) is 42.5 Å². The first-order chi connectivity index (χ1) is 11.7. The molecule has 2 aromatic rings. The summed E-state index contributed by atoms with van der Waals surface area (Å²) in [4.78, 5) is 14.5. The zero-order valence-electron chi connectivity index (χ0n) is 13.3. The summed E-state index contributed by atoms with van der Waals surface area (Å²) in [5.41, 5.74) is 1.87. The second kappa shape index (κ2) is 7.14. The maximum absolute atomic E-state index is 13.9. The van der Waals surface area contributed by atoms with Gasteiger partial charge in [-0.3, -0.25) is 4.79 Å². The van der Waals surface area contributed by atoms with Gasteiger partial charge in [0.2, 0.25) is 0 Å². The highest BCUT2D eigenvalue weighted by Gasteiger charge is 2.14. The molecule has 1 saturated heterocycles. The summed E-state index contributed by atoms with van der Waals surface area (Å²) in [6, 6.07) is 13.2. The molecule has 0 unspecified atom stereocenters. The highest BCUT2D eigenvalue weighted by atomic mass is 19.1. The molecule has 0 spiro atoms. The Labute approximate surface area is 140 Å². The Balaban J connectivity index is 1.69. The van der Waals surface area contributed by atoms with Gasteiger partial charge >= 0.3 is 0 Å². The van der Waals surface area contributed by atoms with E-state index in [1.54, 1.807) is 0 Å². The van der Waals surface area contributed by atoms with Gasteiger partial charge in [-0.05, 0) is 61.7 Å². The monoisotopic (exact) mass is 323 g/mol. The van der Waals surface area contributed by atoms with Gasteiger partial charge in [-0.15, -0.1) is 0 Å². The zero-order valence-corrected chi connectivity index (χ0v) is 13.3. The van der Waals surface area contributed by atoms with E-state index in [2.05, 4.69) is 10.2 Å². The highest BCUT2D eigenvalue weighted by Crippen LogP contribution is 2.22. The largest absolute Gasteiger partial charge is 0.372 e. The van der Waals surface area contributed by atoms with E-state index in [-0.39, 0.29) is 11.1 Å². The number of halogens is 1. The van der Waals surface area contributed by atoms with Gasteiger partial charge in [-0.25, -0.2) is 4.39 Å². The van der Waals surface area contributed by atoms with E-state index < -0.39 is 11.7 Å². The number of carbonyl (C=O) groups is 1. The smallest absolute Gasteiger partial charge is 0.258 e. The maximum atomic E-state index is 13.9. The third-order valence-corrected chi connectivity index (χ3v) is 4.19. The number of nitriles is 1. The summed E-state index contributed by atoms with van der Waals surface area (Å²) in [6.45, 7) is 2.12. The summed E-state index contributed by atoms with van der Waals surface area (Å²) in [5.74, 6) is -1.22. The molecule has 3 rings (SSSR count). The predicted molar refractivity (Wildman–Crippen MR) is 91.6 cm³/mol. The van der Waals surface area contributed by atoms with Crippen molar-refractivity contribution in [1.29, 1.82) is 5.26 Å². The third kappa shape index (κ3) is 3.54. The minimum Gasteiger partial charge on any atom is -0.372 e. The van der Waals surface area contributed by atoms with Gasteiger partial charge in [0, 0.05) is 24.5 Å². The minimum atomic E-state index is -0.698. The average molecular weight is 323 g/mol. The number of nitrogens with zero attached hydrogens (tertiary/aromatic N) is 2. The molecule has 1 fully saturated rings. The van der Waals surface area contributed by atoms with E-state index in [0.717, 1.165) is 24.8 Å². The third-order valence-electron chi connectivity index (χ3n) is 4.19. The first-order valence-corrected chi connectivity index (χ1v) is 8.03. The van der Waals surface area contributed by atoms with Crippen LogP contribution in [-0.4, -0.2) is 19.0 Å². The van der Waals surface area contributed by atoms with Crippen molar-refractivity contribution in [2.45, 2.75) is 19.3 Å². The molecular formula is C19H18FN3O. The first-order valence-electron chi connectivity index (χ1n) is 8.03. The van der Waals surface area contributed by atoms with Crippen molar-refractivity contribution in [1.82, 2.24) is 0 Å². The lowest BCUT2D eigenvalue weighted by Crippen LogP contribution is -2.29. The molecule has 5 heteroatoms. The average Bonchev–Trinajstić information content (AvgIpc) is 2.63. The number of piperidine rings is 1. The number of carbonyl (C=O) groups excluding carboxylic acids is 1. The molecule has 1 aliphatic rings. The van der Waals surface area contributed by atoms with Crippen LogP contribution in [0.5, 0.6) is 0 Å². The molecule has 0 aromatic heterocycles. The number of nitrogens with one attached hydrogen (secondary N) is 1. The summed E-state index contributed by atoms with van der Waals surface area (Å²) in [5, 5.41) is 11.4. The maximum Gasteiger partial charge on any atom is 0.258 e. The van der Waals surface area contributed by atoms with Gasteiger partial charge in [0.25, 0.3) is 5.91 Å². The second-order valence-corrected chi connectivity index (χ2v) is 5.86. The molecule has 0 bridgehead atoms. The normalized spacial score (nSPS) is 14.1. The van der Waals surface area contributed by atoms with Crippen molar-refractivity contribution in [3.05, 3.63) is 59.4 Å². The van der Waals surface area contributed by atoms with Crippen molar-refractivity contribution in [2.75, 3.05) is 23.3 Å². The van der Waals surface area contributed by atoms with Crippen LogP contribution in [0.3, 0.4) is 0 Å². The number of hydrogen-bond acceptors (Lipinski definition) is 3. The van der Waals surface area contributed by atoms with Crippen LogP contribution in [0.2, 0.25) is 0 Å². The number of anilines is 2. The molecule has 0 atom stereocenters. The molecule has 0 saturated carbocycles. The Kier molecular flexibility index (Phi) is 4.76. The SMILES string of the molecule is N#Cc1ccc(C(=O)Nc2ccc(N3CCCCC3)cc2)c(F)c1. The summed E-state index contributed by atoms with van der Waals surface area (Å²) in [6.07, 6.45) is 3.69. The molecule has 4 nitrogen and oxygen atoms in total. The second-order valence-electron chi connectivity index (χ2n) is 5.86. The zero-order chi connectivity index (χ0) is 16.9. The lowest BCUT2D eigenvalue weighted by molar-refractivity contribution is 0.102. The van der Waals surface area contributed by atoms with E-state index >= 15 is 0 Å². The van der Waals surface area contributed by atoms with Crippen LogP contribution < -0.4 is 10.2 Å². The van der Waals surface area contributed by atoms with Gasteiger partial charge in [0.15, 0.2) is 0 Å². The van der Waals surface area contributed by atoms with E-state index in [4.69, 9.17) is 5.26 Å². The Morgan fingerprint density at radius 3 is 2.42 bits per heavy atom. The van der Waals surface area contributed by atoms with Crippen molar-refractivity contribution < 1.29 is 9.18 Å². The summed E-state index contributed by atoms with van der Waals surface area (Å²) < 4.78 is 13.9. The Bertz CT molecular complexity index is 774. The number of benzene rings is 2. The number of amides is 1. The number of rotatable bonds is 3. The lowest BCUT2D eigenvalue weighted by atomic mass is 10.1. The molecule has 1 heterocycles. The van der Waals surface area contributed by atoms with E-state index in [0.29, 0.717) is 5.69 Å². The van der Waals surface area contributed by atoms with Crippen LogP contribution in [0, 0.1) is 17.1 Å². The van der Waals surface area contributed by atoms with Crippen LogP contribution >= 0.6 is 0 Å². The topological polar surface area (TPSA) is 56.1 Å². The Morgan fingerprint density at radius 2 is 1.79 bits per heavy atom. The quantitative estimate of drug-likeness (QED) is 0.931. The van der Waals surface area contributed by atoms with Crippen LogP contribution in [0.4, 0.5) is 15.8 Å². The van der Waals surface area contributed by atoms with Crippen molar-refractivity contribution in [3.8, 4) is 6.07 Å². The highest BCUT2D eigenvalue weighted by molar-refractivity contribution is 6.04. The van der Waals surface area contributed by atoms with E-state index in [1.165, 1.54) is 31.4 Å². The van der Waals surface area contributed by atoms with Crippen LogP contribution in [-0.2, 0) is 0 Å². The standard InChI is InChI=1S/C19H18FN3O/c20-18-12-14(13-21)4-9-17(18)19(24)22-15-5-7-16(8-6-15)23-10-2-1-3-11-23/h4-9,12H,1-3,10-11H2,(H,22,24). The molecule has 1 amide bonds. The van der Waals surface area contributed by atoms with Gasteiger partial charge < -0.3 is 10.2 Å². The van der Waals surface area contributed by atoms with Gasteiger partial charge in [-0.1, -0.05) is 0 Å².